The number of amides is 1. The number of carbonyl (C=O) groups excluding carboxylic acids is 1. The Hall–Kier alpha value is -2.88. The van der Waals surface area contributed by atoms with Gasteiger partial charge in [0.05, 0.1) is 12.6 Å². The average Bonchev–Trinajstić information content (AvgIpc) is 3.02. The largest absolute Gasteiger partial charge is 0.383 e. The third-order valence-electron chi connectivity index (χ3n) is 5.58. The van der Waals surface area contributed by atoms with Crippen LogP contribution in [0, 0.1) is 25.2 Å². The minimum Gasteiger partial charge on any atom is -0.383 e. The third kappa shape index (κ3) is 6.55. The van der Waals surface area contributed by atoms with E-state index < -0.39 is 0 Å². The minimum atomic E-state index is -0.350. The number of nitrogens with one attached hydrogen (secondary N) is 1. The van der Waals surface area contributed by atoms with Gasteiger partial charge in [-0.25, -0.2) is 0 Å². The highest BCUT2D eigenvalue weighted by Gasteiger charge is 2.18. The van der Waals surface area contributed by atoms with Gasteiger partial charge < -0.3 is 19.5 Å². The first-order valence-corrected chi connectivity index (χ1v) is 10.6. The molecule has 0 aliphatic carbocycles. The number of rotatable bonds is 10. The van der Waals surface area contributed by atoms with Gasteiger partial charge in [-0.15, -0.1) is 0 Å². The van der Waals surface area contributed by atoms with Gasteiger partial charge in [0.1, 0.15) is 11.6 Å². The van der Waals surface area contributed by atoms with Gasteiger partial charge in [0.15, 0.2) is 0 Å². The Kier molecular flexibility index (Phi) is 9.04. The molecule has 1 amide bonds. The SMILES string of the molecule is COCC(C)n1c(C)cc(/C=C(\C#N)C(=O)NCC(Cc2ccccc2)N(C)C)c1C. The van der Waals surface area contributed by atoms with Crippen molar-refractivity contribution in [1.82, 2.24) is 14.8 Å². The van der Waals surface area contributed by atoms with Gasteiger partial charge in [-0.1, -0.05) is 30.3 Å². The summed E-state index contributed by atoms with van der Waals surface area (Å²) >= 11 is 0. The average molecular weight is 423 g/mol. The van der Waals surface area contributed by atoms with Gasteiger partial charge in [-0.2, -0.15) is 5.26 Å². The first-order valence-electron chi connectivity index (χ1n) is 10.6. The van der Waals surface area contributed by atoms with Crippen LogP contribution in [0.3, 0.4) is 0 Å². The maximum Gasteiger partial charge on any atom is 0.262 e. The number of nitrogens with zero attached hydrogens (tertiary/aromatic N) is 3. The molecule has 1 aromatic heterocycles. The van der Waals surface area contributed by atoms with Crippen molar-refractivity contribution < 1.29 is 9.53 Å². The molecule has 0 aliphatic heterocycles. The smallest absolute Gasteiger partial charge is 0.262 e. The summed E-state index contributed by atoms with van der Waals surface area (Å²) in [5.74, 6) is -0.350. The second-order valence-corrected chi connectivity index (χ2v) is 8.19. The van der Waals surface area contributed by atoms with Gasteiger partial charge in [0, 0.05) is 31.1 Å². The van der Waals surface area contributed by atoms with E-state index in [1.54, 1.807) is 13.2 Å². The number of benzene rings is 1. The quantitative estimate of drug-likeness (QED) is 0.470. The molecule has 1 aromatic carbocycles. The summed E-state index contributed by atoms with van der Waals surface area (Å²) in [5, 5.41) is 12.6. The molecule has 6 heteroatoms. The number of methoxy groups -OCH3 is 1. The number of hydrogen-bond donors (Lipinski definition) is 1. The van der Waals surface area contributed by atoms with Gasteiger partial charge in [-0.05, 0) is 64.6 Å². The zero-order valence-electron chi connectivity index (χ0n) is 19.5. The highest BCUT2D eigenvalue weighted by atomic mass is 16.5. The van der Waals surface area contributed by atoms with Crippen LogP contribution in [-0.2, 0) is 16.0 Å². The van der Waals surface area contributed by atoms with E-state index in [4.69, 9.17) is 4.74 Å². The third-order valence-corrected chi connectivity index (χ3v) is 5.58. The van der Waals surface area contributed by atoms with Gasteiger partial charge in [0.25, 0.3) is 5.91 Å². The lowest BCUT2D eigenvalue weighted by molar-refractivity contribution is -0.117. The summed E-state index contributed by atoms with van der Waals surface area (Å²) < 4.78 is 7.45. The molecular formula is C25H34N4O2. The lowest BCUT2D eigenvalue weighted by atomic mass is 10.0. The summed E-state index contributed by atoms with van der Waals surface area (Å²) in [5.41, 5.74) is 4.28. The number of aryl methyl sites for hydroxylation is 1. The Morgan fingerprint density at radius 1 is 1.29 bits per heavy atom. The Morgan fingerprint density at radius 3 is 2.55 bits per heavy atom. The second kappa shape index (κ2) is 11.5. The molecule has 1 heterocycles. The van der Waals surface area contributed by atoms with E-state index >= 15 is 0 Å². The first-order chi connectivity index (χ1) is 14.8. The highest BCUT2D eigenvalue weighted by molar-refractivity contribution is 6.01. The van der Waals surface area contributed by atoms with E-state index in [2.05, 4.69) is 39.9 Å². The van der Waals surface area contributed by atoms with Crippen molar-refractivity contribution >= 4 is 12.0 Å². The lowest BCUT2D eigenvalue weighted by Crippen LogP contribution is -2.41. The lowest BCUT2D eigenvalue weighted by Gasteiger charge is -2.24. The molecule has 0 bridgehead atoms. The number of likely N-dealkylation sites (N-methyl/N-ethyl adjacent to an activating group) is 1. The zero-order valence-corrected chi connectivity index (χ0v) is 19.5. The van der Waals surface area contributed by atoms with Crippen LogP contribution in [-0.4, -0.2) is 55.8 Å². The Balaban J connectivity index is 2.13. The predicted molar refractivity (Wildman–Crippen MR) is 125 cm³/mol. The van der Waals surface area contributed by atoms with E-state index in [-0.39, 0.29) is 23.6 Å². The van der Waals surface area contributed by atoms with Crippen molar-refractivity contribution in [3.63, 3.8) is 0 Å². The van der Waals surface area contributed by atoms with Gasteiger partial charge in [0.2, 0.25) is 0 Å². The Morgan fingerprint density at radius 2 is 1.97 bits per heavy atom. The van der Waals surface area contributed by atoms with Crippen molar-refractivity contribution in [2.75, 3.05) is 34.4 Å². The summed E-state index contributed by atoms with van der Waals surface area (Å²) in [7, 11) is 5.68. The van der Waals surface area contributed by atoms with Crippen LogP contribution in [0.4, 0.5) is 0 Å². The fourth-order valence-corrected chi connectivity index (χ4v) is 3.88. The molecule has 166 valence electrons. The molecule has 0 spiro atoms. The van der Waals surface area contributed by atoms with E-state index in [1.165, 1.54) is 5.56 Å². The molecule has 2 unspecified atom stereocenters. The minimum absolute atomic E-state index is 0.108. The molecule has 0 saturated heterocycles. The van der Waals surface area contributed by atoms with Crippen molar-refractivity contribution in [3.8, 4) is 6.07 Å². The van der Waals surface area contributed by atoms with Gasteiger partial charge >= 0.3 is 0 Å². The van der Waals surface area contributed by atoms with Gasteiger partial charge in [-0.3, -0.25) is 4.79 Å². The Labute approximate surface area is 186 Å². The first kappa shape index (κ1) is 24.4. The topological polar surface area (TPSA) is 70.3 Å². The molecule has 1 N–H and O–H groups in total. The number of hydrogen-bond acceptors (Lipinski definition) is 4. The molecule has 0 fully saturated rings. The van der Waals surface area contributed by atoms with Crippen molar-refractivity contribution in [2.45, 2.75) is 39.3 Å². The maximum absolute atomic E-state index is 12.8. The standard InChI is InChI=1S/C25H34N4O2/c1-18-12-22(20(3)29(18)19(2)17-31-6)14-23(15-26)25(30)27-16-24(28(4)5)13-21-10-8-7-9-11-21/h7-12,14,19,24H,13,16-17H2,1-6H3,(H,27,30)/b23-14+. The highest BCUT2D eigenvalue weighted by Crippen LogP contribution is 2.22. The normalized spacial score (nSPS) is 13.7. The number of aromatic nitrogens is 1. The van der Waals surface area contributed by atoms with Crippen LogP contribution in [0.15, 0.2) is 42.0 Å². The monoisotopic (exact) mass is 422 g/mol. The molecule has 0 radical (unpaired) electrons. The molecule has 2 rings (SSSR count). The number of carbonyl (C=O) groups is 1. The molecule has 31 heavy (non-hydrogen) atoms. The number of nitriles is 1. The van der Waals surface area contributed by atoms with Crippen LogP contribution in [0.25, 0.3) is 6.08 Å². The fraction of sp³-hybridized carbons (Fsp3) is 0.440. The maximum atomic E-state index is 12.8. The van der Waals surface area contributed by atoms with E-state index in [9.17, 15) is 10.1 Å². The van der Waals surface area contributed by atoms with E-state index in [0.29, 0.717) is 13.2 Å². The van der Waals surface area contributed by atoms with Crippen LogP contribution >= 0.6 is 0 Å². The van der Waals surface area contributed by atoms with Crippen molar-refractivity contribution in [1.29, 1.82) is 5.26 Å². The summed E-state index contributed by atoms with van der Waals surface area (Å²) in [6, 6.07) is 14.6. The van der Waals surface area contributed by atoms with Crippen LogP contribution in [0.1, 0.15) is 35.5 Å². The summed E-state index contributed by atoms with van der Waals surface area (Å²) in [4.78, 5) is 14.8. The predicted octanol–water partition coefficient (Wildman–Crippen LogP) is 3.51. The van der Waals surface area contributed by atoms with Crippen LogP contribution < -0.4 is 5.32 Å². The van der Waals surface area contributed by atoms with Crippen molar-refractivity contribution in [3.05, 3.63) is 64.5 Å². The fourth-order valence-electron chi connectivity index (χ4n) is 3.88. The van der Waals surface area contributed by atoms with E-state index in [1.807, 2.05) is 52.2 Å². The second-order valence-electron chi connectivity index (χ2n) is 8.19. The Bertz CT molecular complexity index is 938. The molecule has 2 aromatic rings. The molecule has 6 nitrogen and oxygen atoms in total. The van der Waals surface area contributed by atoms with Crippen LogP contribution in [0.5, 0.6) is 0 Å². The molecule has 2 atom stereocenters. The van der Waals surface area contributed by atoms with Crippen molar-refractivity contribution in [2.24, 2.45) is 0 Å². The van der Waals surface area contributed by atoms with Crippen LogP contribution in [0.2, 0.25) is 0 Å². The van der Waals surface area contributed by atoms with E-state index in [0.717, 1.165) is 23.4 Å². The summed E-state index contributed by atoms with van der Waals surface area (Å²) in [6.45, 7) is 7.17. The molecule has 0 saturated carbocycles. The number of ether oxygens (including phenoxy) is 1. The zero-order chi connectivity index (χ0) is 23.0. The summed E-state index contributed by atoms with van der Waals surface area (Å²) in [6.07, 6.45) is 2.49. The molecule has 0 aliphatic rings. The molecular weight excluding hydrogens is 388 g/mol.